The Labute approximate surface area is 310 Å². The molecule has 3 aliphatic rings. The van der Waals surface area contributed by atoms with Crippen LogP contribution in [-0.4, -0.2) is 61.1 Å². The van der Waals surface area contributed by atoms with Crippen molar-refractivity contribution >= 4 is 43.2 Å². The molecule has 1 spiro atoms. The lowest BCUT2D eigenvalue weighted by molar-refractivity contribution is -0.150. The van der Waals surface area contributed by atoms with Crippen LogP contribution >= 0.6 is 0 Å². The number of ether oxygens (including phenoxy) is 1. The molecule has 4 aromatic rings. The highest BCUT2D eigenvalue weighted by Crippen LogP contribution is 2.60. The number of para-hydroxylation sites is 1. The summed E-state index contributed by atoms with van der Waals surface area (Å²) in [6.07, 6.45) is -0.0759. The lowest BCUT2D eigenvalue weighted by Crippen LogP contribution is -2.45. The predicted molar refractivity (Wildman–Crippen MR) is 205 cm³/mol. The first-order chi connectivity index (χ1) is 25.5. The van der Waals surface area contributed by atoms with Crippen LogP contribution in [-0.2, 0) is 37.8 Å². The number of halogens is 1. The van der Waals surface area contributed by atoms with Gasteiger partial charge in [0.15, 0.2) is 5.60 Å². The normalized spacial score (nSPS) is 22.7. The Kier molecular flexibility index (Phi) is 10.2. The zero-order valence-electron chi connectivity index (χ0n) is 30.3. The van der Waals surface area contributed by atoms with E-state index < -0.39 is 31.6 Å². The molecule has 7 rings (SSSR count). The third kappa shape index (κ3) is 6.96. The molecule has 0 aliphatic carbocycles. The Morgan fingerprint density at radius 3 is 2.34 bits per heavy atom. The predicted octanol–water partition coefficient (Wildman–Crippen LogP) is 6.95. The number of rotatable bonds is 11. The minimum atomic E-state index is -3.51. The summed E-state index contributed by atoms with van der Waals surface area (Å²) in [5.41, 5.74) is 3.28. The van der Waals surface area contributed by atoms with E-state index in [0.717, 1.165) is 22.4 Å². The third-order valence-electron chi connectivity index (χ3n) is 10.8. The van der Waals surface area contributed by atoms with Crippen LogP contribution in [0.3, 0.4) is 0 Å². The number of hydrogen-bond donors (Lipinski definition) is 1. The van der Waals surface area contributed by atoms with Crippen LogP contribution in [0.15, 0.2) is 114 Å². The van der Waals surface area contributed by atoms with Crippen LogP contribution < -0.4 is 9.91 Å². The molecule has 0 bridgehead atoms. The summed E-state index contributed by atoms with van der Waals surface area (Å²) in [6, 6.07) is 34.2. The first-order valence-corrected chi connectivity index (χ1v) is 21.2. The van der Waals surface area contributed by atoms with Gasteiger partial charge in [-0.1, -0.05) is 97.9 Å². The van der Waals surface area contributed by atoms with E-state index in [1.165, 1.54) is 5.01 Å². The molecule has 4 atom stereocenters. The zero-order chi connectivity index (χ0) is 37.3. The van der Waals surface area contributed by atoms with Crippen LogP contribution in [0.5, 0.6) is 0 Å². The summed E-state index contributed by atoms with van der Waals surface area (Å²) < 4.78 is 23.3. The van der Waals surface area contributed by atoms with Crippen LogP contribution in [0.1, 0.15) is 48.4 Å². The Morgan fingerprint density at radius 1 is 0.943 bits per heavy atom. The van der Waals surface area contributed by atoms with E-state index in [4.69, 9.17) is 9.84 Å². The molecule has 1 N–H and O–H groups in total. The molecular weight excluding hydrogens is 688 g/mol. The topological polar surface area (TPSA) is 103 Å². The number of amides is 3. The average Bonchev–Trinajstić information content (AvgIpc) is 3.58. The van der Waals surface area contributed by atoms with Crippen LogP contribution in [0.25, 0.3) is 0 Å². The van der Waals surface area contributed by atoms with E-state index in [2.05, 4.69) is 0 Å². The minimum Gasteiger partial charge on any atom is -0.395 e. The number of aliphatic hydroxyl groups excluding tert-OH is 1. The van der Waals surface area contributed by atoms with Crippen molar-refractivity contribution < 1.29 is 28.3 Å². The molecule has 11 heteroatoms. The maximum atomic E-state index is 16.4. The Balaban J connectivity index is 1.18. The first kappa shape index (κ1) is 36.4. The second-order valence-corrected chi connectivity index (χ2v) is 18.5. The smallest absolute Gasteiger partial charge is 0.264 e. The van der Waals surface area contributed by atoms with Gasteiger partial charge in [0.05, 0.1) is 42.8 Å². The third-order valence-corrected chi connectivity index (χ3v) is 13.3. The highest BCUT2D eigenvalue weighted by molar-refractivity contribution is 6.72. The fraction of sp³-hybridized carbons (Fsp3) is 0.333. The van der Waals surface area contributed by atoms with Gasteiger partial charge in [0, 0.05) is 43.0 Å². The summed E-state index contributed by atoms with van der Waals surface area (Å²) >= 11 is 0. The summed E-state index contributed by atoms with van der Waals surface area (Å²) in [5, 5.41) is 16.0. The van der Waals surface area contributed by atoms with E-state index in [-0.39, 0.29) is 43.8 Å². The number of anilines is 2. The van der Waals surface area contributed by atoms with E-state index in [1.807, 2.05) is 116 Å². The van der Waals surface area contributed by atoms with Crippen LogP contribution in [0.2, 0.25) is 18.6 Å². The molecule has 9 nitrogen and oxygen atoms in total. The van der Waals surface area contributed by atoms with Crippen molar-refractivity contribution in [2.24, 2.45) is 11.0 Å². The van der Waals surface area contributed by atoms with Gasteiger partial charge in [0.25, 0.3) is 5.91 Å². The van der Waals surface area contributed by atoms with Crippen molar-refractivity contribution in [3.63, 3.8) is 0 Å². The number of carbonyl (C=O) groups is 3. The average molecular weight is 733 g/mol. The maximum Gasteiger partial charge on any atom is 0.264 e. The number of benzene rings is 4. The van der Waals surface area contributed by atoms with E-state index in [1.54, 1.807) is 22.9 Å². The fourth-order valence-corrected chi connectivity index (χ4v) is 10.9. The molecule has 4 aromatic carbocycles. The monoisotopic (exact) mass is 732 g/mol. The van der Waals surface area contributed by atoms with Crippen molar-refractivity contribution in [1.82, 2.24) is 4.90 Å². The van der Waals surface area contributed by atoms with Gasteiger partial charge in [-0.2, -0.15) is 5.10 Å². The number of hydrazone groups is 1. The van der Waals surface area contributed by atoms with Crippen molar-refractivity contribution in [1.29, 1.82) is 0 Å². The summed E-state index contributed by atoms with van der Waals surface area (Å²) in [4.78, 5) is 45.2. The van der Waals surface area contributed by atoms with Crippen molar-refractivity contribution in [3.05, 3.63) is 131 Å². The van der Waals surface area contributed by atoms with Gasteiger partial charge in [0.2, 0.25) is 20.2 Å². The highest BCUT2D eigenvalue weighted by Gasteiger charge is 2.67. The first-order valence-electron chi connectivity index (χ1n) is 18.3. The number of hydrogen-bond acceptors (Lipinski definition) is 6. The highest BCUT2D eigenvalue weighted by atomic mass is 28.4. The SMILES string of the molecule is C[C@@H]1[C@@H]([Si](C)(C)F)[C@H](CC(=O)N(CCO)Cc2ccccc2)O[C@@]12C(=O)N(Cc1cccc(N3N=C(c4ccccc4)CCC3=O)c1)c1ccccc12. The summed E-state index contributed by atoms with van der Waals surface area (Å²) in [5.74, 6) is -1.24. The molecule has 0 saturated carbocycles. The standard InChI is InChI=1S/C42H45FN4O5Si/c1-29-40(53(2,3)43)37(26-39(50)45(23-24-48)27-30-13-6-4-7-14-30)52-42(29)34-19-10-11-20-36(34)46(41(42)51)28-31-15-12-18-33(25-31)47-38(49)22-21-35(44-47)32-16-8-5-9-17-32/h4-20,25,29,37,40,48H,21-24,26-28H2,1-3H3/t29-,37+,40-,42+/m1/s1. The molecule has 274 valence electrons. The zero-order valence-corrected chi connectivity index (χ0v) is 31.3. The molecule has 0 unspecified atom stereocenters. The van der Waals surface area contributed by atoms with Gasteiger partial charge in [0.1, 0.15) is 0 Å². The van der Waals surface area contributed by atoms with E-state index in [0.29, 0.717) is 36.3 Å². The van der Waals surface area contributed by atoms with Crippen LogP contribution in [0, 0.1) is 5.92 Å². The number of aliphatic hydroxyl groups is 1. The molecule has 1 fully saturated rings. The molecule has 0 radical (unpaired) electrons. The van der Waals surface area contributed by atoms with Crippen molar-refractivity contribution in [2.45, 2.75) is 69.6 Å². The quantitative estimate of drug-likeness (QED) is 0.133. The van der Waals surface area contributed by atoms with Crippen LogP contribution in [0.4, 0.5) is 15.5 Å². The lowest BCUT2D eigenvalue weighted by atomic mass is 9.82. The molecule has 0 aromatic heterocycles. The summed E-state index contributed by atoms with van der Waals surface area (Å²) in [6.45, 7) is 5.50. The molecule has 1 saturated heterocycles. The van der Waals surface area contributed by atoms with Gasteiger partial charge < -0.3 is 23.8 Å². The Hall–Kier alpha value is -4.97. The largest absolute Gasteiger partial charge is 0.395 e. The fourth-order valence-electron chi connectivity index (χ4n) is 8.44. The van der Waals surface area contributed by atoms with Gasteiger partial charge in [-0.05, 0) is 48.0 Å². The van der Waals surface area contributed by atoms with Crippen molar-refractivity contribution in [2.75, 3.05) is 23.1 Å². The van der Waals surface area contributed by atoms with Gasteiger partial charge >= 0.3 is 0 Å². The Bertz CT molecular complexity index is 2020. The van der Waals surface area contributed by atoms with Gasteiger partial charge in [-0.3, -0.25) is 14.4 Å². The van der Waals surface area contributed by atoms with Crippen molar-refractivity contribution in [3.8, 4) is 0 Å². The number of carbonyl (C=O) groups excluding carboxylic acids is 3. The second kappa shape index (κ2) is 14.8. The molecule has 3 amide bonds. The number of fused-ring (bicyclic) bond motifs is 2. The molecule has 53 heavy (non-hydrogen) atoms. The molecule has 3 heterocycles. The minimum absolute atomic E-state index is 0.109. The molecular formula is C42H45FN4O5Si. The lowest BCUT2D eigenvalue weighted by Gasteiger charge is -2.31. The second-order valence-electron chi connectivity index (χ2n) is 14.7. The summed E-state index contributed by atoms with van der Waals surface area (Å²) in [7, 11) is -3.51. The Morgan fingerprint density at radius 2 is 1.62 bits per heavy atom. The maximum absolute atomic E-state index is 16.4. The molecule has 3 aliphatic heterocycles. The van der Waals surface area contributed by atoms with Gasteiger partial charge in [-0.25, -0.2) is 5.01 Å². The number of nitrogens with zero attached hydrogens (tertiary/aromatic N) is 4. The van der Waals surface area contributed by atoms with E-state index >= 15 is 4.11 Å². The van der Waals surface area contributed by atoms with Gasteiger partial charge in [-0.15, -0.1) is 0 Å². The van der Waals surface area contributed by atoms with E-state index in [9.17, 15) is 19.5 Å².